The van der Waals surface area contributed by atoms with Crippen LogP contribution < -0.4 is 4.72 Å². The maximum atomic E-state index is 15.4. The van der Waals surface area contributed by atoms with E-state index in [-0.39, 0.29) is 22.2 Å². The Bertz CT molecular complexity index is 1710. The minimum atomic E-state index is -3.91. The standard InChI is InChI=1S/C28H24FN5O3S/c29-25-21(4-3-5-24(25)33-38(36,37)34-12-1-2-13-34)26(35)23-16-32-27-22(23)14-19(15-31-27)18-6-8-20(9-7-18)28(17-30)10-11-28/h3-9,14-16,33H,1-2,10-13H2,(H,31,32). The molecule has 38 heavy (non-hydrogen) atoms. The van der Waals surface area contributed by atoms with Gasteiger partial charge in [-0.05, 0) is 55.0 Å². The van der Waals surface area contributed by atoms with Crippen LogP contribution in [0.4, 0.5) is 10.1 Å². The molecule has 1 saturated carbocycles. The van der Waals surface area contributed by atoms with E-state index in [0.29, 0.717) is 24.1 Å². The summed E-state index contributed by atoms with van der Waals surface area (Å²) in [5, 5.41) is 9.97. The Hall–Kier alpha value is -4.07. The molecule has 0 spiro atoms. The molecule has 2 aromatic heterocycles. The summed E-state index contributed by atoms with van der Waals surface area (Å²) >= 11 is 0. The number of H-pyrrole nitrogens is 1. The summed E-state index contributed by atoms with van der Waals surface area (Å²) in [5.74, 6) is -1.52. The number of benzene rings is 2. The lowest BCUT2D eigenvalue weighted by Crippen LogP contribution is -2.33. The molecule has 0 radical (unpaired) electrons. The van der Waals surface area contributed by atoms with Crippen LogP contribution in [-0.2, 0) is 15.6 Å². The van der Waals surface area contributed by atoms with E-state index >= 15 is 4.39 Å². The van der Waals surface area contributed by atoms with Crippen molar-refractivity contribution in [3.63, 3.8) is 0 Å². The number of carbonyl (C=O) groups excluding carboxylic acids is 1. The molecule has 4 aromatic rings. The zero-order valence-corrected chi connectivity index (χ0v) is 21.2. The first-order valence-corrected chi connectivity index (χ1v) is 13.9. The molecule has 0 amide bonds. The van der Waals surface area contributed by atoms with Crippen LogP contribution in [0.25, 0.3) is 22.2 Å². The van der Waals surface area contributed by atoms with Gasteiger partial charge in [0.15, 0.2) is 11.6 Å². The summed E-state index contributed by atoms with van der Waals surface area (Å²) in [6, 6.07) is 16.1. The van der Waals surface area contributed by atoms with Crippen LogP contribution in [0.15, 0.2) is 60.9 Å². The number of nitrogens with zero attached hydrogens (tertiary/aromatic N) is 3. The first-order valence-electron chi connectivity index (χ1n) is 12.4. The van der Waals surface area contributed by atoms with Gasteiger partial charge in [-0.25, -0.2) is 9.37 Å². The van der Waals surface area contributed by atoms with Crippen molar-refractivity contribution in [3.05, 3.63) is 83.4 Å². The number of rotatable bonds is 7. The highest BCUT2D eigenvalue weighted by Crippen LogP contribution is 2.47. The van der Waals surface area contributed by atoms with Gasteiger partial charge >= 0.3 is 10.2 Å². The van der Waals surface area contributed by atoms with E-state index in [9.17, 15) is 18.5 Å². The fourth-order valence-electron chi connectivity index (χ4n) is 4.98. The normalized spacial score (nSPS) is 16.8. The molecule has 2 aliphatic rings. The molecule has 6 rings (SSSR count). The Morgan fingerprint density at radius 2 is 1.82 bits per heavy atom. The fourth-order valence-corrected chi connectivity index (χ4v) is 6.29. The van der Waals surface area contributed by atoms with Crippen molar-refractivity contribution < 1.29 is 17.6 Å². The molecule has 1 saturated heterocycles. The molecule has 1 aliphatic carbocycles. The molecule has 1 aliphatic heterocycles. The minimum Gasteiger partial charge on any atom is -0.345 e. The summed E-state index contributed by atoms with van der Waals surface area (Å²) in [7, 11) is -3.91. The van der Waals surface area contributed by atoms with Gasteiger partial charge in [0.05, 0.1) is 22.7 Å². The molecule has 3 heterocycles. The number of nitriles is 1. The van der Waals surface area contributed by atoms with Crippen molar-refractivity contribution in [2.75, 3.05) is 17.8 Å². The second-order valence-electron chi connectivity index (χ2n) is 9.80. The van der Waals surface area contributed by atoms with Gasteiger partial charge in [0, 0.05) is 42.0 Å². The topological polar surface area (TPSA) is 119 Å². The van der Waals surface area contributed by atoms with Gasteiger partial charge in [0.25, 0.3) is 0 Å². The van der Waals surface area contributed by atoms with E-state index in [4.69, 9.17) is 0 Å². The van der Waals surface area contributed by atoms with Crippen molar-refractivity contribution in [2.45, 2.75) is 31.1 Å². The highest BCUT2D eigenvalue weighted by Gasteiger charge is 2.44. The predicted molar refractivity (Wildman–Crippen MR) is 141 cm³/mol. The van der Waals surface area contributed by atoms with Gasteiger partial charge in [-0.3, -0.25) is 9.52 Å². The van der Waals surface area contributed by atoms with E-state index in [0.717, 1.165) is 42.4 Å². The number of anilines is 1. The maximum Gasteiger partial charge on any atom is 0.301 e. The van der Waals surface area contributed by atoms with Crippen LogP contribution in [-0.4, -0.2) is 41.6 Å². The van der Waals surface area contributed by atoms with Gasteiger partial charge in [-0.15, -0.1) is 0 Å². The van der Waals surface area contributed by atoms with Crippen molar-refractivity contribution >= 4 is 32.7 Å². The molecule has 10 heteroatoms. The number of nitrogens with one attached hydrogen (secondary N) is 2. The van der Waals surface area contributed by atoms with Crippen LogP contribution in [0.5, 0.6) is 0 Å². The predicted octanol–water partition coefficient (Wildman–Crippen LogP) is 4.91. The second kappa shape index (κ2) is 9.04. The van der Waals surface area contributed by atoms with Crippen LogP contribution in [0.3, 0.4) is 0 Å². The first-order chi connectivity index (χ1) is 18.3. The molecule has 0 bridgehead atoms. The summed E-state index contributed by atoms with van der Waals surface area (Å²) in [6.45, 7) is 0.754. The van der Waals surface area contributed by atoms with E-state index in [1.54, 1.807) is 6.20 Å². The van der Waals surface area contributed by atoms with Crippen molar-refractivity contribution in [2.24, 2.45) is 0 Å². The van der Waals surface area contributed by atoms with Crippen LogP contribution in [0, 0.1) is 17.1 Å². The van der Waals surface area contributed by atoms with Crippen molar-refractivity contribution in [1.29, 1.82) is 5.26 Å². The lowest BCUT2D eigenvalue weighted by atomic mass is 9.95. The third-order valence-electron chi connectivity index (χ3n) is 7.40. The molecule has 0 atom stereocenters. The lowest BCUT2D eigenvalue weighted by Gasteiger charge is -2.17. The van der Waals surface area contributed by atoms with Crippen molar-refractivity contribution in [1.82, 2.24) is 14.3 Å². The number of halogens is 1. The molecule has 192 valence electrons. The monoisotopic (exact) mass is 529 g/mol. The first kappa shape index (κ1) is 24.3. The molecular formula is C28H24FN5O3S. The van der Waals surface area contributed by atoms with Gasteiger partial charge in [-0.1, -0.05) is 30.3 Å². The summed E-state index contributed by atoms with van der Waals surface area (Å²) < 4.78 is 44.3. The zero-order chi connectivity index (χ0) is 26.5. The Labute approximate surface area is 219 Å². The van der Waals surface area contributed by atoms with Crippen molar-refractivity contribution in [3.8, 4) is 17.2 Å². The molecule has 2 N–H and O–H groups in total. The van der Waals surface area contributed by atoms with E-state index in [2.05, 4.69) is 20.8 Å². The highest BCUT2D eigenvalue weighted by atomic mass is 32.2. The Kier molecular flexibility index (Phi) is 5.78. The van der Waals surface area contributed by atoms with E-state index < -0.39 is 21.8 Å². The summed E-state index contributed by atoms with van der Waals surface area (Å²) in [6.07, 6.45) is 6.41. The number of carbonyl (C=O) groups is 1. The number of pyridine rings is 1. The Morgan fingerprint density at radius 1 is 1.08 bits per heavy atom. The number of fused-ring (bicyclic) bond motifs is 1. The van der Waals surface area contributed by atoms with Gasteiger partial charge < -0.3 is 4.98 Å². The number of hydrogen-bond donors (Lipinski definition) is 2. The van der Waals surface area contributed by atoms with E-state index in [1.165, 1.54) is 28.7 Å². The number of aromatic amines is 1. The molecular weight excluding hydrogens is 505 g/mol. The van der Waals surface area contributed by atoms with Crippen LogP contribution in [0.2, 0.25) is 0 Å². The second-order valence-corrected chi connectivity index (χ2v) is 11.5. The average molecular weight is 530 g/mol. The molecule has 8 nitrogen and oxygen atoms in total. The number of aromatic nitrogens is 2. The third kappa shape index (κ3) is 4.14. The van der Waals surface area contributed by atoms with Gasteiger partial charge in [-0.2, -0.15) is 18.0 Å². The Morgan fingerprint density at radius 3 is 2.50 bits per heavy atom. The van der Waals surface area contributed by atoms with Gasteiger partial charge in [0.2, 0.25) is 0 Å². The maximum absolute atomic E-state index is 15.4. The fraction of sp³-hybridized carbons (Fsp3) is 0.250. The zero-order valence-electron chi connectivity index (χ0n) is 20.4. The average Bonchev–Trinajstić information content (AvgIpc) is 3.31. The molecule has 0 unspecified atom stereocenters. The highest BCUT2D eigenvalue weighted by molar-refractivity contribution is 7.90. The number of ketones is 1. The van der Waals surface area contributed by atoms with Crippen LogP contribution >= 0.6 is 0 Å². The summed E-state index contributed by atoms with van der Waals surface area (Å²) in [5.41, 5.74) is 2.45. The van der Waals surface area contributed by atoms with Gasteiger partial charge in [0.1, 0.15) is 5.65 Å². The Balaban J connectivity index is 1.31. The third-order valence-corrected chi connectivity index (χ3v) is 8.92. The largest absolute Gasteiger partial charge is 0.345 e. The molecule has 2 aromatic carbocycles. The SMILES string of the molecule is N#CC1(c2ccc(-c3cnc4[nH]cc(C(=O)c5cccc(NS(=O)(=O)N6CCCC6)c5F)c4c3)cc2)CC1. The van der Waals surface area contributed by atoms with Crippen LogP contribution in [0.1, 0.15) is 47.2 Å². The lowest BCUT2D eigenvalue weighted by molar-refractivity contribution is 0.103. The summed E-state index contributed by atoms with van der Waals surface area (Å²) in [4.78, 5) is 20.9. The quantitative estimate of drug-likeness (QED) is 0.330. The smallest absolute Gasteiger partial charge is 0.301 e. The number of hydrogen-bond acceptors (Lipinski definition) is 5. The minimum absolute atomic E-state index is 0.228. The van der Waals surface area contributed by atoms with E-state index in [1.807, 2.05) is 30.3 Å². The molecule has 2 fully saturated rings.